The van der Waals surface area contributed by atoms with E-state index in [1.54, 1.807) is 36.4 Å². The summed E-state index contributed by atoms with van der Waals surface area (Å²) in [6.07, 6.45) is 0.586. The summed E-state index contributed by atoms with van der Waals surface area (Å²) in [6, 6.07) is 21.5. The zero-order valence-electron chi connectivity index (χ0n) is 16.5. The van der Waals surface area contributed by atoms with Crippen LogP contribution < -0.4 is 14.4 Å². The van der Waals surface area contributed by atoms with Gasteiger partial charge in [0.2, 0.25) is 10.0 Å². The zero-order chi connectivity index (χ0) is 21.1. The van der Waals surface area contributed by atoms with Crippen LogP contribution in [-0.2, 0) is 10.0 Å². The number of sulfonamides is 1. The number of nitrogens with zero attached hydrogens (tertiary/aromatic N) is 1. The maximum Gasteiger partial charge on any atom is 0.255 e. The number of benzene rings is 3. The van der Waals surface area contributed by atoms with Gasteiger partial charge in [-0.25, -0.2) is 8.42 Å². The van der Waals surface area contributed by atoms with Crippen molar-refractivity contribution < 1.29 is 17.9 Å². The third kappa shape index (κ3) is 4.31. The van der Waals surface area contributed by atoms with Crippen molar-refractivity contribution in [1.82, 2.24) is 0 Å². The van der Waals surface area contributed by atoms with Gasteiger partial charge < -0.3 is 10.1 Å². The Morgan fingerprint density at radius 3 is 2.50 bits per heavy atom. The summed E-state index contributed by atoms with van der Waals surface area (Å²) < 4.78 is 31.7. The molecule has 0 bridgehead atoms. The second-order valence-electron chi connectivity index (χ2n) is 7.16. The van der Waals surface area contributed by atoms with Crippen molar-refractivity contribution in [2.75, 3.05) is 21.9 Å². The fourth-order valence-corrected chi connectivity index (χ4v) is 4.87. The SMILES string of the molecule is Cc1ccc(Oc2ccccc2NC(=O)c2cccc(N3CCCS3(=O)=O)c2)cc1. The lowest BCUT2D eigenvalue weighted by molar-refractivity contribution is 0.102. The van der Waals surface area contributed by atoms with Gasteiger partial charge in [0.1, 0.15) is 5.75 Å². The smallest absolute Gasteiger partial charge is 0.255 e. The summed E-state index contributed by atoms with van der Waals surface area (Å²) in [7, 11) is -3.30. The average Bonchev–Trinajstić information content (AvgIpc) is 3.10. The third-order valence-electron chi connectivity index (χ3n) is 4.88. The Kier molecular flexibility index (Phi) is 5.46. The first-order valence-electron chi connectivity index (χ1n) is 9.68. The highest BCUT2D eigenvalue weighted by Gasteiger charge is 2.28. The number of carbonyl (C=O) groups excluding carboxylic acids is 1. The molecular formula is C23H22N2O4S. The first kappa shape index (κ1) is 20.0. The number of rotatable bonds is 5. The minimum Gasteiger partial charge on any atom is -0.455 e. The summed E-state index contributed by atoms with van der Waals surface area (Å²) in [5.74, 6) is 0.984. The molecule has 1 fully saturated rings. The number of nitrogens with one attached hydrogen (secondary N) is 1. The van der Waals surface area contributed by atoms with Crippen molar-refractivity contribution in [1.29, 1.82) is 0 Å². The predicted octanol–water partition coefficient (Wildman–Crippen LogP) is 4.58. The number of hydrogen-bond donors (Lipinski definition) is 1. The van der Waals surface area contributed by atoms with Gasteiger partial charge in [-0.1, -0.05) is 35.9 Å². The molecule has 6 nitrogen and oxygen atoms in total. The zero-order valence-corrected chi connectivity index (χ0v) is 17.4. The van der Waals surface area contributed by atoms with Gasteiger partial charge in [-0.15, -0.1) is 0 Å². The number of anilines is 2. The summed E-state index contributed by atoms with van der Waals surface area (Å²) in [4.78, 5) is 12.9. The molecule has 3 aromatic rings. The summed E-state index contributed by atoms with van der Waals surface area (Å²) in [5, 5.41) is 2.87. The van der Waals surface area contributed by atoms with Gasteiger partial charge in [0.15, 0.2) is 5.75 Å². The largest absolute Gasteiger partial charge is 0.455 e. The summed E-state index contributed by atoms with van der Waals surface area (Å²) >= 11 is 0. The minimum absolute atomic E-state index is 0.132. The molecule has 154 valence electrons. The van der Waals surface area contributed by atoms with Crippen LogP contribution in [0.2, 0.25) is 0 Å². The molecule has 1 heterocycles. The van der Waals surface area contributed by atoms with Crippen molar-refractivity contribution in [2.45, 2.75) is 13.3 Å². The third-order valence-corrected chi connectivity index (χ3v) is 6.75. The molecule has 1 aliphatic rings. The fourth-order valence-electron chi connectivity index (χ4n) is 3.32. The summed E-state index contributed by atoms with van der Waals surface area (Å²) in [6.45, 7) is 2.43. The lowest BCUT2D eigenvalue weighted by atomic mass is 10.1. The van der Waals surface area contributed by atoms with Crippen molar-refractivity contribution in [3.63, 3.8) is 0 Å². The van der Waals surface area contributed by atoms with Crippen LogP contribution in [0.5, 0.6) is 11.5 Å². The highest BCUT2D eigenvalue weighted by molar-refractivity contribution is 7.93. The Morgan fingerprint density at radius 1 is 1.00 bits per heavy atom. The quantitative estimate of drug-likeness (QED) is 0.653. The predicted molar refractivity (Wildman–Crippen MR) is 118 cm³/mol. The maximum absolute atomic E-state index is 12.9. The van der Waals surface area contributed by atoms with Gasteiger partial charge in [0.05, 0.1) is 17.1 Å². The molecule has 0 aliphatic carbocycles. The van der Waals surface area contributed by atoms with E-state index in [1.807, 2.05) is 43.3 Å². The highest BCUT2D eigenvalue weighted by Crippen LogP contribution is 2.30. The van der Waals surface area contributed by atoms with Gasteiger partial charge in [-0.3, -0.25) is 9.10 Å². The fraction of sp³-hybridized carbons (Fsp3) is 0.174. The Balaban J connectivity index is 1.55. The van der Waals surface area contributed by atoms with Crippen molar-refractivity contribution >= 4 is 27.3 Å². The van der Waals surface area contributed by atoms with E-state index in [4.69, 9.17) is 4.74 Å². The van der Waals surface area contributed by atoms with Gasteiger partial charge in [0.25, 0.3) is 5.91 Å². The van der Waals surface area contributed by atoms with E-state index >= 15 is 0 Å². The van der Waals surface area contributed by atoms with Crippen molar-refractivity contribution in [2.24, 2.45) is 0 Å². The first-order chi connectivity index (χ1) is 14.4. The molecule has 4 rings (SSSR count). The Bertz CT molecular complexity index is 1170. The number of hydrogen-bond acceptors (Lipinski definition) is 4. The molecule has 0 atom stereocenters. The van der Waals surface area contributed by atoms with Crippen LogP contribution in [0.4, 0.5) is 11.4 Å². The molecule has 0 saturated carbocycles. The van der Waals surface area contributed by atoms with Gasteiger partial charge in [-0.2, -0.15) is 0 Å². The van der Waals surface area contributed by atoms with E-state index in [2.05, 4.69) is 5.32 Å². The maximum atomic E-state index is 12.9. The van der Waals surface area contributed by atoms with E-state index < -0.39 is 10.0 Å². The average molecular weight is 423 g/mol. The topological polar surface area (TPSA) is 75.7 Å². The van der Waals surface area contributed by atoms with Crippen molar-refractivity contribution in [3.05, 3.63) is 83.9 Å². The van der Waals surface area contributed by atoms with Crippen LogP contribution in [0.15, 0.2) is 72.8 Å². The molecule has 1 amide bonds. The lowest BCUT2D eigenvalue weighted by Crippen LogP contribution is -2.25. The minimum atomic E-state index is -3.30. The molecule has 0 aromatic heterocycles. The normalized spacial score (nSPS) is 15.0. The van der Waals surface area contributed by atoms with Gasteiger partial charge in [-0.05, 0) is 55.8 Å². The molecule has 1 saturated heterocycles. The molecule has 0 unspecified atom stereocenters. The van der Waals surface area contributed by atoms with Crippen LogP contribution in [0, 0.1) is 6.92 Å². The number of para-hydroxylation sites is 2. The van der Waals surface area contributed by atoms with Crippen LogP contribution in [0.1, 0.15) is 22.3 Å². The molecule has 1 aliphatic heterocycles. The molecule has 0 radical (unpaired) electrons. The standard InChI is InChI=1S/C23H22N2O4S/c1-17-10-12-20(13-11-17)29-22-9-3-2-8-21(22)24-23(26)18-6-4-7-19(16-18)25-14-5-15-30(25,27)28/h2-4,6-13,16H,5,14-15H2,1H3,(H,24,26). The summed E-state index contributed by atoms with van der Waals surface area (Å²) in [5.41, 5.74) is 2.54. The monoisotopic (exact) mass is 422 g/mol. The van der Waals surface area contributed by atoms with E-state index in [9.17, 15) is 13.2 Å². The molecule has 1 N–H and O–H groups in total. The lowest BCUT2D eigenvalue weighted by Gasteiger charge is -2.18. The number of aryl methyl sites for hydroxylation is 1. The van der Waals surface area contributed by atoms with E-state index in [0.29, 0.717) is 41.4 Å². The van der Waals surface area contributed by atoms with Crippen LogP contribution in [-0.4, -0.2) is 26.6 Å². The molecule has 7 heteroatoms. The van der Waals surface area contributed by atoms with Crippen LogP contribution >= 0.6 is 0 Å². The Labute approximate surface area is 176 Å². The second kappa shape index (κ2) is 8.20. The van der Waals surface area contributed by atoms with E-state index in [-0.39, 0.29) is 11.7 Å². The van der Waals surface area contributed by atoms with Gasteiger partial charge in [0, 0.05) is 12.1 Å². The van der Waals surface area contributed by atoms with Crippen LogP contribution in [0.25, 0.3) is 0 Å². The van der Waals surface area contributed by atoms with Crippen molar-refractivity contribution in [3.8, 4) is 11.5 Å². The first-order valence-corrected chi connectivity index (χ1v) is 11.3. The highest BCUT2D eigenvalue weighted by atomic mass is 32.2. The van der Waals surface area contributed by atoms with E-state index in [1.165, 1.54) is 4.31 Å². The Morgan fingerprint density at radius 2 is 1.77 bits per heavy atom. The second-order valence-corrected chi connectivity index (χ2v) is 9.17. The Hall–Kier alpha value is -3.32. The molecule has 30 heavy (non-hydrogen) atoms. The number of carbonyl (C=O) groups is 1. The number of amides is 1. The van der Waals surface area contributed by atoms with Crippen LogP contribution in [0.3, 0.4) is 0 Å². The molecular weight excluding hydrogens is 400 g/mol. The molecule has 3 aromatic carbocycles. The van der Waals surface area contributed by atoms with Gasteiger partial charge >= 0.3 is 0 Å². The number of ether oxygens (including phenoxy) is 1. The molecule has 0 spiro atoms. The van der Waals surface area contributed by atoms with E-state index in [0.717, 1.165) is 5.56 Å².